The molecule has 1 saturated carbocycles. The van der Waals surface area contributed by atoms with Crippen LogP contribution in [0.3, 0.4) is 0 Å². The van der Waals surface area contributed by atoms with Crippen LogP contribution in [-0.4, -0.2) is 12.4 Å². The Hall–Kier alpha value is -1.30. The molecule has 2 nitrogen and oxygen atoms in total. The summed E-state index contributed by atoms with van der Waals surface area (Å²) in [6.45, 7) is 0. The van der Waals surface area contributed by atoms with E-state index in [0.717, 1.165) is 12.1 Å². The van der Waals surface area contributed by atoms with E-state index in [9.17, 15) is 17.6 Å². The molecular formula is C13H15F4NO. The number of halogens is 4. The Kier molecular flexibility index (Phi) is 3.71. The summed E-state index contributed by atoms with van der Waals surface area (Å²) in [6, 6.07) is 5.10. The first-order chi connectivity index (χ1) is 8.78. The van der Waals surface area contributed by atoms with Crippen molar-refractivity contribution in [2.45, 2.75) is 43.8 Å². The average Bonchev–Trinajstić information content (AvgIpc) is 2.31. The van der Waals surface area contributed by atoms with Crippen LogP contribution in [0, 0.1) is 0 Å². The monoisotopic (exact) mass is 277 g/mol. The lowest BCUT2D eigenvalue weighted by Gasteiger charge is -2.33. The maximum absolute atomic E-state index is 14.7. The van der Waals surface area contributed by atoms with Gasteiger partial charge in [-0.2, -0.15) is 0 Å². The van der Waals surface area contributed by atoms with Crippen LogP contribution >= 0.6 is 0 Å². The Morgan fingerprint density at radius 3 is 2.42 bits per heavy atom. The highest BCUT2D eigenvalue weighted by atomic mass is 19.4. The first-order valence-electron chi connectivity index (χ1n) is 6.09. The molecule has 2 rings (SSSR count). The van der Waals surface area contributed by atoms with E-state index in [2.05, 4.69) is 4.74 Å². The van der Waals surface area contributed by atoms with Gasteiger partial charge in [-0.15, -0.1) is 13.2 Å². The van der Waals surface area contributed by atoms with E-state index in [0.29, 0.717) is 12.8 Å². The fraction of sp³-hybridized carbons (Fsp3) is 0.538. The topological polar surface area (TPSA) is 35.2 Å². The van der Waals surface area contributed by atoms with Crippen LogP contribution in [0.4, 0.5) is 17.6 Å². The molecule has 1 aliphatic rings. The molecule has 106 valence electrons. The number of hydrogen-bond donors (Lipinski definition) is 1. The Morgan fingerprint density at radius 1 is 1.21 bits per heavy atom. The molecule has 0 amide bonds. The van der Waals surface area contributed by atoms with Crippen LogP contribution in [-0.2, 0) is 5.67 Å². The zero-order valence-electron chi connectivity index (χ0n) is 10.2. The summed E-state index contributed by atoms with van der Waals surface area (Å²) in [5.41, 5.74) is 4.32. The van der Waals surface area contributed by atoms with Gasteiger partial charge in [0.15, 0.2) is 0 Å². The third kappa shape index (κ3) is 3.59. The summed E-state index contributed by atoms with van der Waals surface area (Å²) in [4.78, 5) is 0. The van der Waals surface area contributed by atoms with Crippen molar-refractivity contribution in [3.8, 4) is 5.75 Å². The zero-order valence-corrected chi connectivity index (χ0v) is 10.2. The van der Waals surface area contributed by atoms with Gasteiger partial charge in [0.05, 0.1) is 0 Å². The fourth-order valence-electron chi connectivity index (χ4n) is 2.36. The Labute approximate surface area is 108 Å². The smallest absolute Gasteiger partial charge is 0.406 e. The normalized spacial score (nSPS) is 28.2. The maximum atomic E-state index is 14.7. The second-order valence-electron chi connectivity index (χ2n) is 4.88. The molecule has 0 atom stereocenters. The molecule has 1 fully saturated rings. The van der Waals surface area contributed by atoms with E-state index < -0.39 is 17.8 Å². The standard InChI is InChI=1S/C13H15F4NO/c14-12(6-4-10(18)5-7-12)9-2-1-3-11(8-9)19-13(15,16)17/h1-3,8,10H,4-7,18H2. The molecule has 1 aromatic rings. The number of benzene rings is 1. The number of ether oxygens (including phenoxy) is 1. The number of alkyl halides is 4. The molecule has 6 heteroatoms. The molecule has 19 heavy (non-hydrogen) atoms. The van der Waals surface area contributed by atoms with Gasteiger partial charge >= 0.3 is 6.36 Å². The van der Waals surface area contributed by atoms with Crippen LogP contribution in [0.15, 0.2) is 24.3 Å². The van der Waals surface area contributed by atoms with Crippen molar-refractivity contribution >= 4 is 0 Å². The van der Waals surface area contributed by atoms with E-state index in [1.165, 1.54) is 12.1 Å². The second-order valence-corrected chi connectivity index (χ2v) is 4.88. The lowest BCUT2D eigenvalue weighted by Crippen LogP contribution is -2.34. The van der Waals surface area contributed by atoms with Gasteiger partial charge in [0.2, 0.25) is 0 Å². The zero-order chi connectivity index (χ0) is 14.1. The van der Waals surface area contributed by atoms with Crippen LogP contribution in [0.25, 0.3) is 0 Å². The van der Waals surface area contributed by atoms with Crippen LogP contribution in [0.1, 0.15) is 31.2 Å². The van der Waals surface area contributed by atoms with Crippen molar-refractivity contribution in [1.82, 2.24) is 0 Å². The molecule has 0 radical (unpaired) electrons. The minimum atomic E-state index is -4.77. The van der Waals surface area contributed by atoms with Gasteiger partial charge < -0.3 is 10.5 Å². The number of nitrogens with two attached hydrogens (primary N) is 1. The van der Waals surface area contributed by atoms with E-state index in [-0.39, 0.29) is 24.4 Å². The van der Waals surface area contributed by atoms with Gasteiger partial charge in [-0.3, -0.25) is 0 Å². The number of hydrogen-bond acceptors (Lipinski definition) is 2. The third-order valence-electron chi connectivity index (χ3n) is 3.41. The van der Waals surface area contributed by atoms with E-state index in [1.807, 2.05) is 0 Å². The van der Waals surface area contributed by atoms with Gasteiger partial charge in [-0.25, -0.2) is 4.39 Å². The lowest BCUT2D eigenvalue weighted by atomic mass is 9.79. The van der Waals surface area contributed by atoms with Crippen LogP contribution < -0.4 is 10.5 Å². The third-order valence-corrected chi connectivity index (χ3v) is 3.41. The minimum absolute atomic E-state index is 0.0292. The summed E-state index contributed by atoms with van der Waals surface area (Å²) in [6.07, 6.45) is -3.26. The van der Waals surface area contributed by atoms with Crippen LogP contribution in [0.5, 0.6) is 5.75 Å². The van der Waals surface area contributed by atoms with Crippen molar-refractivity contribution in [3.05, 3.63) is 29.8 Å². The molecule has 1 aliphatic carbocycles. The molecule has 0 heterocycles. The lowest BCUT2D eigenvalue weighted by molar-refractivity contribution is -0.274. The highest BCUT2D eigenvalue weighted by Gasteiger charge is 2.37. The maximum Gasteiger partial charge on any atom is 0.573 e. The Morgan fingerprint density at radius 2 is 1.84 bits per heavy atom. The Bertz CT molecular complexity index is 439. The predicted molar refractivity (Wildman–Crippen MR) is 62.4 cm³/mol. The van der Waals surface area contributed by atoms with Crippen molar-refractivity contribution in [3.63, 3.8) is 0 Å². The first kappa shape index (κ1) is 14.1. The summed E-state index contributed by atoms with van der Waals surface area (Å²) < 4.78 is 54.9. The molecule has 0 aromatic heterocycles. The quantitative estimate of drug-likeness (QED) is 0.837. The molecule has 2 N–H and O–H groups in total. The fourth-order valence-corrected chi connectivity index (χ4v) is 2.36. The predicted octanol–water partition coefficient (Wildman–Crippen LogP) is 3.65. The molecule has 0 saturated heterocycles. The SMILES string of the molecule is NC1CCC(F)(c2cccc(OC(F)(F)F)c2)CC1. The molecule has 0 aliphatic heterocycles. The largest absolute Gasteiger partial charge is 0.573 e. The second kappa shape index (κ2) is 5.00. The molecule has 1 aromatic carbocycles. The number of rotatable bonds is 2. The summed E-state index contributed by atoms with van der Waals surface area (Å²) >= 11 is 0. The highest BCUT2D eigenvalue weighted by molar-refractivity contribution is 5.33. The van der Waals surface area contributed by atoms with Gasteiger partial charge in [-0.1, -0.05) is 12.1 Å². The van der Waals surface area contributed by atoms with Crippen molar-refractivity contribution in [2.24, 2.45) is 5.73 Å². The first-order valence-corrected chi connectivity index (χ1v) is 6.09. The summed E-state index contributed by atoms with van der Waals surface area (Å²) in [7, 11) is 0. The Balaban J connectivity index is 2.18. The summed E-state index contributed by atoms with van der Waals surface area (Å²) in [5, 5.41) is 0. The molecule has 0 bridgehead atoms. The van der Waals surface area contributed by atoms with Crippen molar-refractivity contribution < 1.29 is 22.3 Å². The summed E-state index contributed by atoms with van der Waals surface area (Å²) in [5.74, 6) is -0.392. The average molecular weight is 277 g/mol. The van der Waals surface area contributed by atoms with Crippen molar-refractivity contribution in [2.75, 3.05) is 0 Å². The van der Waals surface area contributed by atoms with E-state index in [1.54, 1.807) is 0 Å². The molecule has 0 unspecified atom stereocenters. The molecular weight excluding hydrogens is 262 g/mol. The van der Waals surface area contributed by atoms with Crippen molar-refractivity contribution in [1.29, 1.82) is 0 Å². The molecule has 0 spiro atoms. The highest BCUT2D eigenvalue weighted by Crippen LogP contribution is 2.41. The van der Waals surface area contributed by atoms with Crippen LogP contribution in [0.2, 0.25) is 0 Å². The minimum Gasteiger partial charge on any atom is -0.406 e. The van der Waals surface area contributed by atoms with Gasteiger partial charge in [-0.05, 0) is 43.4 Å². The van der Waals surface area contributed by atoms with Gasteiger partial charge in [0, 0.05) is 6.04 Å². The van der Waals surface area contributed by atoms with E-state index >= 15 is 0 Å². The van der Waals surface area contributed by atoms with E-state index in [4.69, 9.17) is 5.73 Å². The van der Waals surface area contributed by atoms with Gasteiger partial charge in [0.1, 0.15) is 11.4 Å². The van der Waals surface area contributed by atoms with Gasteiger partial charge in [0.25, 0.3) is 0 Å².